The van der Waals surface area contributed by atoms with E-state index in [4.69, 9.17) is 24.9 Å². The maximum Gasteiger partial charge on any atom is 0.164 e. The Morgan fingerprint density at radius 1 is 0.258 bits per heavy atom. The fourth-order valence-electron chi connectivity index (χ4n) is 8.60. The number of nitriles is 1. The van der Waals surface area contributed by atoms with E-state index in [2.05, 4.69) is 121 Å². The van der Waals surface area contributed by atoms with E-state index in [1.165, 1.54) is 0 Å². The summed E-state index contributed by atoms with van der Waals surface area (Å²) in [5.41, 5.74) is 14.1. The first-order valence-corrected chi connectivity index (χ1v) is 21.8. The van der Waals surface area contributed by atoms with Gasteiger partial charge in [-0.15, -0.1) is 0 Å². The lowest BCUT2D eigenvalue weighted by molar-refractivity contribution is 1.07. The van der Waals surface area contributed by atoms with Gasteiger partial charge in [-0.25, -0.2) is 24.9 Å². The van der Waals surface area contributed by atoms with E-state index < -0.39 is 0 Å². The molecule has 9 aromatic carbocycles. The molecule has 66 heavy (non-hydrogen) atoms. The van der Waals surface area contributed by atoms with Crippen molar-refractivity contribution in [1.82, 2.24) is 24.9 Å². The molecule has 0 spiro atoms. The van der Waals surface area contributed by atoms with E-state index in [0.717, 1.165) is 88.9 Å². The monoisotopic (exact) mass is 842 g/mol. The van der Waals surface area contributed by atoms with Crippen molar-refractivity contribution in [1.29, 1.82) is 5.26 Å². The van der Waals surface area contributed by atoms with Crippen LogP contribution in [0.25, 0.3) is 112 Å². The van der Waals surface area contributed by atoms with Gasteiger partial charge in [0.1, 0.15) is 0 Å². The summed E-state index contributed by atoms with van der Waals surface area (Å²) < 4.78 is 0. The molecule has 308 valence electrons. The van der Waals surface area contributed by atoms with Crippen LogP contribution in [0.15, 0.2) is 231 Å². The third kappa shape index (κ3) is 7.78. The number of aromatic nitrogens is 5. The summed E-state index contributed by atoms with van der Waals surface area (Å²) in [4.78, 5) is 25.8. The molecule has 0 radical (unpaired) electrons. The van der Waals surface area contributed by atoms with E-state index in [1.807, 2.05) is 115 Å². The Labute approximate surface area is 382 Å². The van der Waals surface area contributed by atoms with E-state index in [9.17, 15) is 5.26 Å². The Morgan fingerprint density at radius 2 is 0.712 bits per heavy atom. The van der Waals surface area contributed by atoms with Crippen molar-refractivity contribution in [2.24, 2.45) is 0 Å². The van der Waals surface area contributed by atoms with Crippen LogP contribution in [-0.4, -0.2) is 24.9 Å². The second kappa shape index (κ2) is 17.5. The van der Waals surface area contributed by atoms with Crippen LogP contribution in [0.1, 0.15) is 5.56 Å². The van der Waals surface area contributed by atoms with Gasteiger partial charge in [0, 0.05) is 38.8 Å². The lowest BCUT2D eigenvalue weighted by atomic mass is 9.89. The Kier molecular flexibility index (Phi) is 10.5. The van der Waals surface area contributed by atoms with Gasteiger partial charge in [-0.2, -0.15) is 5.26 Å². The molecule has 11 aromatic rings. The molecule has 0 fully saturated rings. The number of benzene rings is 9. The summed E-state index contributed by atoms with van der Waals surface area (Å²) in [7, 11) is 0. The van der Waals surface area contributed by atoms with E-state index in [0.29, 0.717) is 28.9 Å². The highest BCUT2D eigenvalue weighted by molar-refractivity contribution is 6.00. The smallest absolute Gasteiger partial charge is 0.164 e. The lowest BCUT2D eigenvalue weighted by Gasteiger charge is -2.17. The largest absolute Gasteiger partial charge is 0.228 e. The second-order valence-electron chi connectivity index (χ2n) is 15.9. The SMILES string of the molecule is N#Cc1ccc(-c2cccc(-c3nc(-c4ccccc4)nc(-c4ccc(-c5ccccc5-c5cc(-c6ccccc6)nc(-c6ccccc6)n5)c(-c5ccccc5)c4)n3)c2)c2ccccc12. The number of hydrogen-bond acceptors (Lipinski definition) is 6. The summed E-state index contributed by atoms with van der Waals surface area (Å²) in [5, 5.41) is 11.8. The molecule has 0 saturated carbocycles. The molecule has 0 saturated heterocycles. The normalized spacial score (nSPS) is 11.0. The molecule has 11 rings (SSSR count). The molecule has 0 unspecified atom stereocenters. The standard InChI is InChI=1S/C60H38N6/c61-39-47-33-34-49(50-29-14-13-28-48(47)50)44-26-17-27-45(36-44)59-64-58(43-24-11-4-12-25-43)65-60(66-59)46-32-35-52(54(37-46)40-18-5-1-6-19-40)51-30-15-16-31-53(51)56-38-55(41-20-7-2-8-21-41)62-57(63-56)42-22-9-3-10-23-42/h1-38H. The molecule has 6 heteroatoms. The number of rotatable bonds is 9. The van der Waals surface area contributed by atoms with Crippen LogP contribution in [0.5, 0.6) is 0 Å². The van der Waals surface area contributed by atoms with Gasteiger partial charge in [0.2, 0.25) is 0 Å². The van der Waals surface area contributed by atoms with Gasteiger partial charge in [-0.1, -0.05) is 206 Å². The van der Waals surface area contributed by atoms with E-state index >= 15 is 0 Å². The first-order valence-electron chi connectivity index (χ1n) is 21.8. The predicted octanol–water partition coefficient (Wildman–Crippen LogP) is 14.7. The first kappa shape index (κ1) is 39.7. The van der Waals surface area contributed by atoms with E-state index in [-0.39, 0.29) is 0 Å². The molecular weight excluding hydrogens is 805 g/mol. The number of nitrogens with zero attached hydrogens (tertiary/aromatic N) is 6. The molecule has 0 amide bonds. The van der Waals surface area contributed by atoms with Crippen molar-refractivity contribution in [3.63, 3.8) is 0 Å². The van der Waals surface area contributed by atoms with Crippen molar-refractivity contribution < 1.29 is 0 Å². The molecule has 6 nitrogen and oxygen atoms in total. The number of fused-ring (bicyclic) bond motifs is 1. The average Bonchev–Trinajstić information content (AvgIpc) is 3.41. The minimum atomic E-state index is 0.556. The summed E-state index contributed by atoms with van der Waals surface area (Å²) in [6, 6.07) is 80.5. The first-order chi connectivity index (χ1) is 32.7. The van der Waals surface area contributed by atoms with Crippen molar-refractivity contribution in [3.05, 3.63) is 236 Å². The average molecular weight is 843 g/mol. The molecule has 0 aliphatic carbocycles. The molecule has 0 aliphatic rings. The fraction of sp³-hybridized carbons (Fsp3) is 0. The van der Waals surface area contributed by atoms with Crippen LogP contribution in [0.2, 0.25) is 0 Å². The van der Waals surface area contributed by atoms with Crippen molar-refractivity contribution >= 4 is 10.8 Å². The predicted molar refractivity (Wildman–Crippen MR) is 267 cm³/mol. The van der Waals surface area contributed by atoms with Gasteiger partial charge in [0.15, 0.2) is 23.3 Å². The van der Waals surface area contributed by atoms with Gasteiger partial charge in [0.05, 0.1) is 23.0 Å². The fourth-order valence-corrected chi connectivity index (χ4v) is 8.60. The Balaban J connectivity index is 1.07. The summed E-state index contributed by atoms with van der Waals surface area (Å²) >= 11 is 0. The zero-order chi connectivity index (χ0) is 44.2. The maximum atomic E-state index is 9.86. The highest BCUT2D eigenvalue weighted by Gasteiger charge is 2.20. The second-order valence-corrected chi connectivity index (χ2v) is 15.9. The third-order valence-corrected chi connectivity index (χ3v) is 11.8. The van der Waals surface area contributed by atoms with Crippen LogP contribution in [0.3, 0.4) is 0 Å². The van der Waals surface area contributed by atoms with Crippen LogP contribution in [-0.2, 0) is 0 Å². The van der Waals surface area contributed by atoms with Gasteiger partial charge in [-0.05, 0) is 63.0 Å². The van der Waals surface area contributed by atoms with Gasteiger partial charge < -0.3 is 0 Å². The molecule has 0 bridgehead atoms. The Morgan fingerprint density at radius 3 is 1.36 bits per heavy atom. The summed E-state index contributed by atoms with van der Waals surface area (Å²) in [5.74, 6) is 2.35. The van der Waals surface area contributed by atoms with Crippen molar-refractivity contribution in [2.75, 3.05) is 0 Å². The molecule has 0 aliphatic heterocycles. The molecular formula is C60H38N6. The van der Waals surface area contributed by atoms with Gasteiger partial charge in [0.25, 0.3) is 0 Å². The molecule has 0 N–H and O–H groups in total. The topological polar surface area (TPSA) is 88.2 Å². The minimum absolute atomic E-state index is 0.556. The lowest BCUT2D eigenvalue weighted by Crippen LogP contribution is -2.01. The van der Waals surface area contributed by atoms with Crippen LogP contribution >= 0.6 is 0 Å². The van der Waals surface area contributed by atoms with Crippen LogP contribution in [0.4, 0.5) is 0 Å². The quantitative estimate of drug-likeness (QED) is 0.144. The van der Waals surface area contributed by atoms with Crippen molar-refractivity contribution in [2.45, 2.75) is 0 Å². The minimum Gasteiger partial charge on any atom is -0.228 e. The summed E-state index contributed by atoms with van der Waals surface area (Å²) in [6.07, 6.45) is 0. The van der Waals surface area contributed by atoms with E-state index in [1.54, 1.807) is 0 Å². The highest BCUT2D eigenvalue weighted by Crippen LogP contribution is 2.41. The highest BCUT2D eigenvalue weighted by atomic mass is 15.0. The summed E-state index contributed by atoms with van der Waals surface area (Å²) in [6.45, 7) is 0. The Bertz CT molecular complexity index is 3530. The van der Waals surface area contributed by atoms with Crippen LogP contribution < -0.4 is 0 Å². The molecule has 2 aromatic heterocycles. The molecule has 0 atom stereocenters. The number of hydrogen-bond donors (Lipinski definition) is 0. The Hall–Kier alpha value is -9.18. The molecule has 2 heterocycles. The maximum absolute atomic E-state index is 9.86. The zero-order valence-corrected chi connectivity index (χ0v) is 35.6. The van der Waals surface area contributed by atoms with Crippen LogP contribution in [0, 0.1) is 11.3 Å². The van der Waals surface area contributed by atoms with Gasteiger partial charge >= 0.3 is 0 Å². The zero-order valence-electron chi connectivity index (χ0n) is 35.6. The third-order valence-electron chi connectivity index (χ3n) is 11.8. The van der Waals surface area contributed by atoms with Gasteiger partial charge in [-0.3, -0.25) is 0 Å². The van der Waals surface area contributed by atoms with Crippen molar-refractivity contribution in [3.8, 4) is 108 Å².